The number of nitrogens with one attached hydrogen (secondary N) is 1. The first-order chi connectivity index (χ1) is 10.2. The summed E-state index contributed by atoms with van der Waals surface area (Å²) in [6.07, 6.45) is -3.39. The third kappa shape index (κ3) is 4.48. The van der Waals surface area contributed by atoms with Gasteiger partial charge >= 0.3 is 12.4 Å². The SMILES string of the molecule is N[C@@H]1CCCN(C(=O)Nc2ccc(OC(F)(F)F)c(F)c2)C1. The number of carbonyl (C=O) groups is 1. The van der Waals surface area contributed by atoms with Gasteiger partial charge in [0, 0.05) is 30.9 Å². The molecular formula is C13H15F4N3O2. The molecule has 0 radical (unpaired) electrons. The Morgan fingerprint density at radius 1 is 1.41 bits per heavy atom. The standard InChI is InChI=1S/C13H15F4N3O2/c14-10-6-9(3-4-11(10)22-13(15,16)17)19-12(21)20-5-1-2-8(18)7-20/h3-4,6,8H,1-2,5,7,18H2,(H,19,21)/t8-/m1/s1. The van der Waals surface area contributed by atoms with Crippen molar-refractivity contribution in [3.05, 3.63) is 24.0 Å². The lowest BCUT2D eigenvalue weighted by Crippen LogP contribution is -2.47. The third-order valence-electron chi connectivity index (χ3n) is 3.15. The number of piperidine rings is 1. The molecule has 0 bridgehead atoms. The normalized spacial score (nSPS) is 19.0. The molecule has 0 saturated carbocycles. The number of urea groups is 1. The maximum absolute atomic E-state index is 13.5. The van der Waals surface area contributed by atoms with E-state index in [1.54, 1.807) is 0 Å². The van der Waals surface area contributed by atoms with Gasteiger partial charge in [0.15, 0.2) is 11.6 Å². The van der Waals surface area contributed by atoms with Gasteiger partial charge < -0.3 is 20.7 Å². The van der Waals surface area contributed by atoms with Crippen LogP contribution in [0.1, 0.15) is 12.8 Å². The second-order valence-electron chi connectivity index (χ2n) is 4.97. The number of alkyl halides is 3. The van der Waals surface area contributed by atoms with E-state index in [-0.39, 0.29) is 11.7 Å². The van der Waals surface area contributed by atoms with Gasteiger partial charge in [0.2, 0.25) is 0 Å². The molecule has 2 amide bonds. The van der Waals surface area contributed by atoms with Crippen molar-refractivity contribution in [1.29, 1.82) is 0 Å². The van der Waals surface area contributed by atoms with Crippen LogP contribution in [-0.2, 0) is 0 Å². The van der Waals surface area contributed by atoms with Gasteiger partial charge in [-0.05, 0) is 25.0 Å². The Labute approximate surface area is 124 Å². The molecule has 22 heavy (non-hydrogen) atoms. The van der Waals surface area contributed by atoms with E-state index >= 15 is 0 Å². The van der Waals surface area contributed by atoms with Crippen LogP contribution >= 0.6 is 0 Å². The lowest BCUT2D eigenvalue weighted by molar-refractivity contribution is -0.275. The summed E-state index contributed by atoms with van der Waals surface area (Å²) >= 11 is 0. The second kappa shape index (κ2) is 6.39. The maximum Gasteiger partial charge on any atom is 0.573 e. The van der Waals surface area contributed by atoms with Crippen LogP contribution in [0.3, 0.4) is 0 Å². The van der Waals surface area contributed by atoms with Gasteiger partial charge in [-0.25, -0.2) is 9.18 Å². The van der Waals surface area contributed by atoms with Crippen molar-refractivity contribution in [2.75, 3.05) is 18.4 Å². The number of nitrogens with zero attached hydrogens (tertiary/aromatic N) is 1. The zero-order valence-electron chi connectivity index (χ0n) is 11.5. The van der Waals surface area contributed by atoms with Crippen LogP contribution < -0.4 is 15.8 Å². The summed E-state index contributed by atoms with van der Waals surface area (Å²) in [5.41, 5.74) is 5.79. The molecule has 1 aliphatic rings. The minimum absolute atomic E-state index is 0.0381. The van der Waals surface area contributed by atoms with Crippen LogP contribution in [0.15, 0.2) is 18.2 Å². The summed E-state index contributed by atoms with van der Waals surface area (Å²) in [6, 6.07) is 2.12. The average molecular weight is 321 g/mol. The van der Waals surface area contributed by atoms with Crippen LogP contribution in [0, 0.1) is 5.82 Å². The Kier molecular flexibility index (Phi) is 4.74. The van der Waals surface area contributed by atoms with E-state index < -0.39 is 24.0 Å². The number of anilines is 1. The number of hydrogen-bond donors (Lipinski definition) is 2. The molecule has 1 aliphatic heterocycles. The molecule has 0 unspecified atom stereocenters. The first kappa shape index (κ1) is 16.3. The Bertz CT molecular complexity index is 551. The minimum atomic E-state index is -4.98. The number of halogens is 4. The summed E-state index contributed by atoms with van der Waals surface area (Å²) < 4.78 is 53.1. The van der Waals surface area contributed by atoms with Crippen LogP contribution in [0.4, 0.5) is 28.0 Å². The Hall–Kier alpha value is -2.03. The molecule has 9 heteroatoms. The lowest BCUT2D eigenvalue weighted by atomic mass is 10.1. The van der Waals surface area contributed by atoms with E-state index in [1.807, 2.05) is 0 Å². The van der Waals surface area contributed by atoms with Crippen LogP contribution in [0.5, 0.6) is 5.75 Å². The molecule has 2 rings (SSSR count). The average Bonchev–Trinajstić information content (AvgIpc) is 2.40. The summed E-state index contributed by atoms with van der Waals surface area (Å²) in [5.74, 6) is -2.17. The van der Waals surface area contributed by atoms with Crippen molar-refractivity contribution in [3.63, 3.8) is 0 Å². The Balaban J connectivity index is 2.01. The highest BCUT2D eigenvalue weighted by Crippen LogP contribution is 2.27. The van der Waals surface area contributed by atoms with E-state index in [4.69, 9.17) is 5.73 Å². The fourth-order valence-corrected chi connectivity index (χ4v) is 2.18. The molecule has 5 nitrogen and oxygen atoms in total. The van der Waals surface area contributed by atoms with Crippen molar-refractivity contribution in [2.45, 2.75) is 25.2 Å². The first-order valence-electron chi connectivity index (χ1n) is 6.61. The van der Waals surface area contributed by atoms with Gasteiger partial charge in [-0.15, -0.1) is 13.2 Å². The molecule has 1 atom stereocenters. The summed E-state index contributed by atoms with van der Waals surface area (Å²) in [4.78, 5) is 13.4. The summed E-state index contributed by atoms with van der Waals surface area (Å²) in [7, 11) is 0. The predicted molar refractivity (Wildman–Crippen MR) is 70.9 cm³/mol. The molecule has 3 N–H and O–H groups in total. The fraction of sp³-hybridized carbons (Fsp3) is 0.462. The van der Waals surface area contributed by atoms with E-state index in [0.717, 1.165) is 31.0 Å². The minimum Gasteiger partial charge on any atom is -0.403 e. The highest BCUT2D eigenvalue weighted by molar-refractivity contribution is 5.89. The van der Waals surface area contributed by atoms with Crippen molar-refractivity contribution >= 4 is 11.7 Å². The lowest BCUT2D eigenvalue weighted by Gasteiger charge is -2.30. The van der Waals surface area contributed by atoms with Gasteiger partial charge in [-0.2, -0.15) is 0 Å². The number of carbonyl (C=O) groups excluding carboxylic acids is 1. The smallest absolute Gasteiger partial charge is 0.403 e. The number of nitrogens with two attached hydrogens (primary N) is 1. The molecular weight excluding hydrogens is 306 g/mol. The second-order valence-corrected chi connectivity index (χ2v) is 4.97. The molecule has 1 saturated heterocycles. The van der Waals surface area contributed by atoms with Crippen LogP contribution in [-0.4, -0.2) is 36.4 Å². The molecule has 122 valence electrons. The largest absolute Gasteiger partial charge is 0.573 e. The van der Waals surface area contributed by atoms with Gasteiger partial charge in [-0.1, -0.05) is 0 Å². The maximum atomic E-state index is 13.5. The Morgan fingerprint density at radius 2 is 2.14 bits per heavy atom. The van der Waals surface area contributed by atoms with Crippen molar-refractivity contribution in [2.24, 2.45) is 5.73 Å². The van der Waals surface area contributed by atoms with Crippen molar-refractivity contribution in [3.8, 4) is 5.75 Å². The summed E-state index contributed by atoms with van der Waals surface area (Å²) in [5, 5.41) is 2.42. The fourth-order valence-electron chi connectivity index (χ4n) is 2.18. The molecule has 1 aromatic carbocycles. The number of likely N-dealkylation sites (tertiary alicyclic amines) is 1. The van der Waals surface area contributed by atoms with Gasteiger partial charge in [-0.3, -0.25) is 0 Å². The zero-order valence-corrected chi connectivity index (χ0v) is 11.5. The monoisotopic (exact) mass is 321 g/mol. The van der Waals surface area contributed by atoms with Crippen molar-refractivity contribution < 1.29 is 27.1 Å². The molecule has 0 aromatic heterocycles. The van der Waals surface area contributed by atoms with Crippen LogP contribution in [0.25, 0.3) is 0 Å². The molecule has 1 aromatic rings. The highest BCUT2D eigenvalue weighted by atomic mass is 19.4. The number of hydrogen-bond acceptors (Lipinski definition) is 3. The highest BCUT2D eigenvalue weighted by Gasteiger charge is 2.32. The number of ether oxygens (including phenoxy) is 1. The van der Waals surface area contributed by atoms with E-state index in [9.17, 15) is 22.4 Å². The quantitative estimate of drug-likeness (QED) is 0.823. The number of rotatable bonds is 2. The third-order valence-corrected chi connectivity index (χ3v) is 3.15. The molecule has 1 fully saturated rings. The van der Waals surface area contributed by atoms with Gasteiger partial charge in [0.1, 0.15) is 0 Å². The first-order valence-corrected chi connectivity index (χ1v) is 6.61. The number of benzene rings is 1. The van der Waals surface area contributed by atoms with E-state index in [1.165, 1.54) is 4.90 Å². The molecule has 1 heterocycles. The molecule has 0 aliphatic carbocycles. The zero-order chi connectivity index (χ0) is 16.3. The van der Waals surface area contributed by atoms with Crippen LogP contribution in [0.2, 0.25) is 0 Å². The topological polar surface area (TPSA) is 67.6 Å². The predicted octanol–water partition coefficient (Wildman–Crippen LogP) is 2.68. The Morgan fingerprint density at radius 3 is 2.73 bits per heavy atom. The molecule has 0 spiro atoms. The van der Waals surface area contributed by atoms with Gasteiger partial charge in [0.05, 0.1) is 0 Å². The summed E-state index contributed by atoms with van der Waals surface area (Å²) in [6.45, 7) is 0.904. The van der Waals surface area contributed by atoms with E-state index in [2.05, 4.69) is 10.1 Å². The number of amides is 2. The van der Waals surface area contributed by atoms with Crippen molar-refractivity contribution in [1.82, 2.24) is 4.90 Å². The van der Waals surface area contributed by atoms with E-state index in [0.29, 0.717) is 13.1 Å². The van der Waals surface area contributed by atoms with Gasteiger partial charge in [0.25, 0.3) is 0 Å².